The highest BCUT2D eigenvalue weighted by atomic mass is 35.5. The lowest BCUT2D eigenvalue weighted by atomic mass is 10.0. The van der Waals surface area contributed by atoms with Crippen molar-refractivity contribution < 1.29 is 9.90 Å². The Morgan fingerprint density at radius 3 is 2.81 bits per heavy atom. The number of phenols is 1. The number of nitrogens with one attached hydrogen (secondary N) is 1. The number of aromatic hydroxyl groups is 1. The van der Waals surface area contributed by atoms with Crippen LogP contribution in [0.25, 0.3) is 0 Å². The maximum absolute atomic E-state index is 12.0. The average Bonchev–Trinajstić information content (AvgIpc) is 2.75. The molecule has 4 heteroatoms. The Labute approximate surface area is 97.7 Å². The number of benzene rings is 1. The molecule has 0 spiro atoms. The number of ketones is 1. The number of hydrogen-bond donors (Lipinski definition) is 2. The maximum atomic E-state index is 12.0. The van der Waals surface area contributed by atoms with Gasteiger partial charge in [0.15, 0.2) is 0 Å². The van der Waals surface area contributed by atoms with E-state index in [0.717, 1.165) is 0 Å². The van der Waals surface area contributed by atoms with Crippen LogP contribution in [-0.4, -0.2) is 15.9 Å². The quantitative estimate of drug-likeness (QED) is 0.787. The SMILES string of the molecule is Cc1cc(Cl)cc(C(=O)c2ccc[nH]2)c1O. The van der Waals surface area contributed by atoms with Crippen LogP contribution in [0.3, 0.4) is 0 Å². The number of aryl methyl sites for hydroxylation is 1. The van der Waals surface area contributed by atoms with Crippen molar-refractivity contribution in [2.45, 2.75) is 6.92 Å². The number of aromatic nitrogens is 1. The number of hydrogen-bond acceptors (Lipinski definition) is 2. The summed E-state index contributed by atoms with van der Waals surface area (Å²) < 4.78 is 0. The highest BCUT2D eigenvalue weighted by Crippen LogP contribution is 2.28. The van der Waals surface area contributed by atoms with Gasteiger partial charge in [-0.3, -0.25) is 4.79 Å². The molecule has 0 radical (unpaired) electrons. The van der Waals surface area contributed by atoms with Crippen molar-refractivity contribution in [1.29, 1.82) is 0 Å². The summed E-state index contributed by atoms with van der Waals surface area (Å²) in [5.74, 6) is -0.294. The van der Waals surface area contributed by atoms with Gasteiger partial charge in [0.1, 0.15) is 5.75 Å². The van der Waals surface area contributed by atoms with Crippen LogP contribution in [0.1, 0.15) is 21.6 Å². The smallest absolute Gasteiger partial charge is 0.212 e. The summed E-state index contributed by atoms with van der Waals surface area (Å²) >= 11 is 5.85. The van der Waals surface area contributed by atoms with E-state index in [9.17, 15) is 9.90 Å². The summed E-state index contributed by atoms with van der Waals surface area (Å²) in [5.41, 5.74) is 1.23. The number of carbonyl (C=O) groups excluding carboxylic acids is 1. The average molecular weight is 236 g/mol. The number of rotatable bonds is 2. The molecule has 1 heterocycles. The Bertz CT molecular complexity index is 532. The molecule has 0 amide bonds. The van der Waals surface area contributed by atoms with Crippen molar-refractivity contribution in [3.63, 3.8) is 0 Å². The molecule has 2 aromatic rings. The zero-order valence-corrected chi connectivity index (χ0v) is 9.38. The molecule has 0 saturated heterocycles. The van der Waals surface area contributed by atoms with Gasteiger partial charge in [0.25, 0.3) is 0 Å². The fraction of sp³-hybridized carbons (Fsp3) is 0.0833. The van der Waals surface area contributed by atoms with E-state index >= 15 is 0 Å². The Morgan fingerprint density at radius 2 is 2.19 bits per heavy atom. The zero-order chi connectivity index (χ0) is 11.7. The van der Waals surface area contributed by atoms with Gasteiger partial charge in [0.05, 0.1) is 11.3 Å². The van der Waals surface area contributed by atoms with Crippen molar-refractivity contribution in [1.82, 2.24) is 4.98 Å². The van der Waals surface area contributed by atoms with E-state index in [-0.39, 0.29) is 17.1 Å². The third-order valence-corrected chi connectivity index (χ3v) is 2.57. The minimum Gasteiger partial charge on any atom is -0.507 e. The number of aromatic amines is 1. The molecule has 0 aliphatic carbocycles. The lowest BCUT2D eigenvalue weighted by molar-refractivity contribution is 0.103. The minimum absolute atomic E-state index is 0.0241. The van der Waals surface area contributed by atoms with Crippen molar-refractivity contribution in [3.05, 3.63) is 52.3 Å². The van der Waals surface area contributed by atoms with Crippen LogP contribution in [0, 0.1) is 6.92 Å². The van der Waals surface area contributed by atoms with Crippen LogP contribution < -0.4 is 0 Å². The van der Waals surface area contributed by atoms with E-state index in [1.54, 1.807) is 31.3 Å². The van der Waals surface area contributed by atoms with Gasteiger partial charge < -0.3 is 10.1 Å². The van der Waals surface area contributed by atoms with Gasteiger partial charge in [0, 0.05) is 11.2 Å². The van der Waals surface area contributed by atoms with E-state index in [1.165, 1.54) is 6.07 Å². The molecular weight excluding hydrogens is 226 g/mol. The second kappa shape index (κ2) is 4.02. The molecule has 0 fully saturated rings. The molecule has 0 saturated carbocycles. The molecule has 1 aromatic carbocycles. The first-order valence-corrected chi connectivity index (χ1v) is 5.14. The maximum Gasteiger partial charge on any atom is 0.212 e. The largest absolute Gasteiger partial charge is 0.507 e. The first-order chi connectivity index (χ1) is 7.59. The van der Waals surface area contributed by atoms with E-state index in [2.05, 4.69) is 4.98 Å². The first kappa shape index (κ1) is 10.8. The highest BCUT2D eigenvalue weighted by molar-refractivity contribution is 6.31. The van der Waals surface area contributed by atoms with Crippen LogP contribution >= 0.6 is 11.6 Å². The number of H-pyrrole nitrogens is 1. The molecule has 3 nitrogen and oxygen atoms in total. The van der Waals surface area contributed by atoms with Crippen LogP contribution in [0.4, 0.5) is 0 Å². The normalized spacial score (nSPS) is 10.4. The number of carbonyl (C=O) groups is 1. The lowest BCUT2D eigenvalue weighted by Crippen LogP contribution is -2.02. The Hall–Kier alpha value is -1.74. The highest BCUT2D eigenvalue weighted by Gasteiger charge is 2.16. The standard InChI is InChI=1S/C12H10ClNO2/c1-7-5-8(13)6-9(11(7)15)12(16)10-3-2-4-14-10/h2-6,14-15H,1H3. The molecule has 82 valence electrons. The van der Waals surface area contributed by atoms with Gasteiger partial charge >= 0.3 is 0 Å². The number of halogens is 1. The van der Waals surface area contributed by atoms with E-state index in [4.69, 9.17) is 11.6 Å². The van der Waals surface area contributed by atoms with Crippen LogP contribution in [-0.2, 0) is 0 Å². The summed E-state index contributed by atoms with van der Waals surface area (Å²) in [6, 6.07) is 6.45. The van der Waals surface area contributed by atoms with Crippen LogP contribution in [0.5, 0.6) is 5.75 Å². The third-order valence-electron chi connectivity index (χ3n) is 2.35. The van der Waals surface area contributed by atoms with Crippen molar-refractivity contribution in [3.8, 4) is 5.75 Å². The Kier molecular flexibility index (Phi) is 2.71. The Morgan fingerprint density at radius 1 is 1.44 bits per heavy atom. The monoisotopic (exact) mass is 235 g/mol. The summed E-state index contributed by atoms with van der Waals surface area (Å²) in [6.07, 6.45) is 1.65. The molecule has 0 aliphatic rings. The molecule has 0 aliphatic heterocycles. The van der Waals surface area contributed by atoms with E-state index in [1.807, 2.05) is 0 Å². The van der Waals surface area contributed by atoms with Gasteiger partial charge in [0.2, 0.25) is 5.78 Å². The summed E-state index contributed by atoms with van der Waals surface area (Å²) in [4.78, 5) is 14.8. The van der Waals surface area contributed by atoms with Gasteiger partial charge in [-0.2, -0.15) is 0 Å². The predicted molar refractivity (Wildman–Crippen MR) is 62.1 cm³/mol. The second-order valence-corrected chi connectivity index (χ2v) is 3.97. The zero-order valence-electron chi connectivity index (χ0n) is 8.62. The second-order valence-electron chi connectivity index (χ2n) is 3.53. The first-order valence-electron chi connectivity index (χ1n) is 4.77. The summed E-state index contributed by atoms with van der Waals surface area (Å²) in [6.45, 7) is 1.70. The fourth-order valence-electron chi connectivity index (χ4n) is 1.53. The van der Waals surface area contributed by atoms with Gasteiger partial charge in [-0.15, -0.1) is 0 Å². The van der Waals surface area contributed by atoms with Crippen molar-refractivity contribution in [2.75, 3.05) is 0 Å². The summed E-state index contributed by atoms with van der Waals surface area (Å²) in [7, 11) is 0. The molecule has 0 bridgehead atoms. The molecular formula is C12H10ClNO2. The van der Waals surface area contributed by atoms with Crippen molar-refractivity contribution >= 4 is 17.4 Å². The molecule has 2 rings (SSSR count). The minimum atomic E-state index is -0.270. The van der Waals surface area contributed by atoms with Gasteiger partial charge in [-0.05, 0) is 36.8 Å². The molecule has 16 heavy (non-hydrogen) atoms. The van der Waals surface area contributed by atoms with E-state index < -0.39 is 0 Å². The molecule has 2 N–H and O–H groups in total. The fourth-order valence-corrected chi connectivity index (χ4v) is 1.80. The predicted octanol–water partition coefficient (Wildman–Crippen LogP) is 2.91. The lowest BCUT2D eigenvalue weighted by Gasteiger charge is -2.06. The van der Waals surface area contributed by atoms with E-state index in [0.29, 0.717) is 16.3 Å². The van der Waals surface area contributed by atoms with Crippen LogP contribution in [0.15, 0.2) is 30.5 Å². The number of phenolic OH excluding ortho intramolecular Hbond substituents is 1. The topological polar surface area (TPSA) is 53.1 Å². The summed E-state index contributed by atoms with van der Waals surface area (Å²) in [5, 5.41) is 10.2. The van der Waals surface area contributed by atoms with Crippen LogP contribution in [0.2, 0.25) is 5.02 Å². The molecule has 1 aromatic heterocycles. The van der Waals surface area contributed by atoms with Crippen molar-refractivity contribution in [2.24, 2.45) is 0 Å². The molecule has 0 unspecified atom stereocenters. The van der Waals surface area contributed by atoms with Gasteiger partial charge in [-0.1, -0.05) is 11.6 Å². The Balaban J connectivity index is 2.52. The third kappa shape index (κ3) is 1.82. The van der Waals surface area contributed by atoms with Gasteiger partial charge in [-0.25, -0.2) is 0 Å². The molecule has 0 atom stereocenters.